The first-order chi connectivity index (χ1) is 5.20. The van der Waals surface area contributed by atoms with Crippen LogP contribution in [0.5, 0.6) is 0 Å². The maximum Gasteiger partial charge on any atom is 0.175 e. The number of ether oxygens (including phenoxy) is 1. The van der Waals surface area contributed by atoms with Gasteiger partial charge in [-0.1, -0.05) is 19.1 Å². The lowest BCUT2D eigenvalue weighted by molar-refractivity contribution is 0.116. The second kappa shape index (κ2) is 6.78. The van der Waals surface area contributed by atoms with Crippen LogP contribution in [0.2, 0.25) is 0 Å². The van der Waals surface area contributed by atoms with Gasteiger partial charge in [-0.15, -0.1) is 0 Å². The Morgan fingerprint density at radius 2 is 2.36 bits per heavy atom. The van der Waals surface area contributed by atoms with Crippen LogP contribution < -0.4 is 0 Å². The fourth-order valence-corrected chi connectivity index (χ4v) is 2.67. The molecule has 0 aliphatic heterocycles. The molecule has 0 amide bonds. The molecule has 0 bridgehead atoms. The molecular formula is C7H18O2Si2. The minimum Gasteiger partial charge on any atom is -0.466 e. The lowest BCUT2D eigenvalue weighted by atomic mass is 10.4. The maximum atomic E-state index is 5.55. The molecule has 0 saturated heterocycles. The summed E-state index contributed by atoms with van der Waals surface area (Å²) in [5.41, 5.74) is 1.48. The molecule has 0 rings (SSSR count). The van der Waals surface area contributed by atoms with Crippen LogP contribution in [0.3, 0.4) is 0 Å². The molecule has 0 aliphatic carbocycles. The molecular weight excluding hydrogens is 172 g/mol. The van der Waals surface area contributed by atoms with Crippen molar-refractivity contribution < 1.29 is 8.85 Å². The summed E-state index contributed by atoms with van der Waals surface area (Å²) in [6, 6.07) is 0. The van der Waals surface area contributed by atoms with Crippen LogP contribution >= 0.6 is 0 Å². The van der Waals surface area contributed by atoms with Gasteiger partial charge in [0, 0.05) is 0 Å². The summed E-state index contributed by atoms with van der Waals surface area (Å²) in [6.45, 7) is 8.59. The highest BCUT2D eigenvalue weighted by Crippen LogP contribution is 1.98. The Bertz CT molecular complexity index is 117. The van der Waals surface area contributed by atoms with Gasteiger partial charge in [-0.3, -0.25) is 0 Å². The highest BCUT2D eigenvalue weighted by molar-refractivity contribution is 6.35. The van der Waals surface area contributed by atoms with E-state index < -0.39 is 9.76 Å². The van der Waals surface area contributed by atoms with E-state index in [1.54, 1.807) is 0 Å². The van der Waals surface area contributed by atoms with Crippen LogP contribution in [-0.4, -0.2) is 32.6 Å². The largest absolute Gasteiger partial charge is 0.466 e. The summed E-state index contributed by atoms with van der Waals surface area (Å²) >= 11 is 0. The van der Waals surface area contributed by atoms with E-state index in [0.717, 1.165) is 22.5 Å². The predicted molar refractivity (Wildman–Crippen MR) is 54.4 cm³/mol. The number of rotatable bonds is 6. The van der Waals surface area contributed by atoms with Crippen LogP contribution in [-0.2, 0) is 8.85 Å². The quantitative estimate of drug-likeness (QED) is 0.423. The van der Waals surface area contributed by atoms with Crippen molar-refractivity contribution in [3.63, 3.8) is 0 Å². The van der Waals surface area contributed by atoms with E-state index in [9.17, 15) is 0 Å². The van der Waals surface area contributed by atoms with E-state index in [4.69, 9.17) is 8.85 Å². The minimum atomic E-state index is -0.409. The van der Waals surface area contributed by atoms with E-state index >= 15 is 0 Å². The molecule has 4 heteroatoms. The van der Waals surface area contributed by atoms with E-state index in [2.05, 4.69) is 13.5 Å². The first-order valence-corrected chi connectivity index (χ1v) is 6.16. The molecule has 0 spiro atoms. The van der Waals surface area contributed by atoms with Gasteiger partial charge in [0.2, 0.25) is 0 Å². The Morgan fingerprint density at radius 3 is 2.73 bits per heavy atom. The first-order valence-electron chi connectivity index (χ1n) is 3.95. The highest BCUT2D eigenvalue weighted by atomic mass is 28.3. The van der Waals surface area contributed by atoms with Gasteiger partial charge in [-0.05, 0) is 13.3 Å². The predicted octanol–water partition coefficient (Wildman–Crippen LogP) is -0.304. The molecule has 0 aromatic rings. The molecule has 0 aliphatic rings. The molecule has 0 N–H and O–H groups in total. The lowest BCUT2D eigenvalue weighted by Gasteiger charge is -2.14. The van der Waals surface area contributed by atoms with Crippen molar-refractivity contribution in [1.29, 1.82) is 0 Å². The van der Waals surface area contributed by atoms with Gasteiger partial charge in [0.1, 0.15) is 10.5 Å². The average molecular weight is 190 g/mol. The summed E-state index contributed by atoms with van der Waals surface area (Å²) < 4.78 is 10.8. The molecule has 11 heavy (non-hydrogen) atoms. The Hall–Kier alpha value is 0.0938. The van der Waals surface area contributed by atoms with Gasteiger partial charge in [0.15, 0.2) is 9.76 Å². The molecule has 0 fully saturated rings. The van der Waals surface area contributed by atoms with E-state index in [0.29, 0.717) is 12.3 Å². The fourth-order valence-electron chi connectivity index (χ4n) is 0.730. The Labute approximate surface area is 74.5 Å². The summed E-state index contributed by atoms with van der Waals surface area (Å²) in [4.78, 5) is 0. The summed E-state index contributed by atoms with van der Waals surface area (Å²) in [5, 5.41) is 0. The third-order valence-electron chi connectivity index (χ3n) is 1.37. The second-order valence-electron chi connectivity index (χ2n) is 2.75. The third-order valence-corrected chi connectivity index (χ3v) is 3.89. The Balaban J connectivity index is 3.43. The molecule has 0 aromatic heterocycles. The van der Waals surface area contributed by atoms with Crippen molar-refractivity contribution in [1.82, 2.24) is 0 Å². The number of hydrogen-bond donors (Lipinski definition) is 0. The summed E-state index contributed by atoms with van der Waals surface area (Å²) in [7, 11) is 0.445. The fraction of sp³-hybridized carbons (Fsp3) is 0.714. The van der Waals surface area contributed by atoms with Gasteiger partial charge in [-0.25, -0.2) is 0 Å². The third kappa shape index (κ3) is 6.49. The van der Waals surface area contributed by atoms with Gasteiger partial charge < -0.3 is 8.85 Å². The molecule has 0 radical (unpaired) electrons. The Morgan fingerprint density at radius 1 is 1.73 bits per heavy atom. The molecule has 0 heterocycles. The van der Waals surface area contributed by atoms with Gasteiger partial charge in [0.25, 0.3) is 0 Å². The zero-order valence-electron chi connectivity index (χ0n) is 7.72. The van der Waals surface area contributed by atoms with Crippen LogP contribution in [0, 0.1) is 0 Å². The van der Waals surface area contributed by atoms with Gasteiger partial charge in [0.05, 0.1) is 12.3 Å². The second-order valence-corrected chi connectivity index (χ2v) is 6.31. The van der Waals surface area contributed by atoms with Crippen LogP contribution in [0.25, 0.3) is 0 Å². The topological polar surface area (TPSA) is 18.5 Å². The van der Waals surface area contributed by atoms with Crippen LogP contribution in [0.4, 0.5) is 0 Å². The zero-order chi connectivity index (χ0) is 8.69. The van der Waals surface area contributed by atoms with Crippen molar-refractivity contribution >= 4 is 20.2 Å². The summed E-state index contributed by atoms with van der Waals surface area (Å²) in [6.07, 6.45) is 1.07. The lowest BCUT2D eigenvalue weighted by Crippen LogP contribution is -2.22. The SMILES string of the molecule is C=C(C)COC(CC)[SiH2]O[SiH3]. The van der Waals surface area contributed by atoms with Crippen LogP contribution in [0.15, 0.2) is 12.2 Å². The zero-order valence-corrected chi connectivity index (χ0v) is 11.1. The maximum absolute atomic E-state index is 5.55. The minimum absolute atomic E-state index is 0.393. The van der Waals surface area contributed by atoms with Crippen molar-refractivity contribution in [2.24, 2.45) is 0 Å². The van der Waals surface area contributed by atoms with Gasteiger partial charge >= 0.3 is 0 Å². The van der Waals surface area contributed by atoms with Crippen molar-refractivity contribution in [3.05, 3.63) is 12.2 Å². The van der Waals surface area contributed by atoms with E-state index in [1.807, 2.05) is 6.92 Å². The van der Waals surface area contributed by atoms with Crippen molar-refractivity contribution in [2.45, 2.75) is 26.0 Å². The molecule has 1 atom stereocenters. The van der Waals surface area contributed by atoms with Crippen molar-refractivity contribution in [3.8, 4) is 0 Å². The van der Waals surface area contributed by atoms with E-state index in [1.165, 1.54) is 0 Å². The summed E-state index contributed by atoms with van der Waals surface area (Å²) in [5.74, 6) is 0. The average Bonchev–Trinajstić information content (AvgIpc) is 1.97. The first kappa shape index (κ1) is 11.1. The monoisotopic (exact) mass is 190 g/mol. The smallest absolute Gasteiger partial charge is 0.175 e. The van der Waals surface area contributed by atoms with Crippen LogP contribution in [0.1, 0.15) is 20.3 Å². The van der Waals surface area contributed by atoms with Crippen molar-refractivity contribution in [2.75, 3.05) is 6.61 Å². The Kier molecular flexibility index (Phi) is 6.84. The molecule has 0 aromatic carbocycles. The highest BCUT2D eigenvalue weighted by Gasteiger charge is 2.05. The molecule has 0 saturated carbocycles. The standard InChI is InChI=1S/C7H18O2Si2/c1-4-7(11-9-10)8-5-6(2)3/h7H,2,4-5,11H2,1,3,10H3. The molecule has 66 valence electrons. The van der Waals surface area contributed by atoms with E-state index in [-0.39, 0.29) is 0 Å². The van der Waals surface area contributed by atoms with Gasteiger partial charge in [-0.2, -0.15) is 0 Å². The number of hydrogen-bond acceptors (Lipinski definition) is 2. The normalized spacial score (nSPS) is 14.4. The molecule has 1 unspecified atom stereocenters. The molecule has 2 nitrogen and oxygen atoms in total.